The summed E-state index contributed by atoms with van der Waals surface area (Å²) in [6, 6.07) is 16.8. The number of nitrogens with zero attached hydrogens (tertiary/aromatic N) is 3. The highest BCUT2D eigenvalue weighted by molar-refractivity contribution is 5.94. The zero-order valence-electron chi connectivity index (χ0n) is 15.6. The summed E-state index contributed by atoms with van der Waals surface area (Å²) >= 11 is 0. The molecule has 2 aromatic rings. The van der Waals surface area contributed by atoms with E-state index in [9.17, 15) is 10.1 Å². The van der Waals surface area contributed by atoms with E-state index in [1.807, 2.05) is 41.3 Å². The van der Waals surface area contributed by atoms with Crippen molar-refractivity contribution in [3.8, 4) is 17.6 Å². The number of methoxy groups -OCH3 is 2. The molecule has 0 saturated carbocycles. The fraction of sp³-hybridized carbons (Fsp3) is 0.333. The largest absolute Gasteiger partial charge is 0.497 e. The average molecular weight is 365 g/mol. The zero-order valence-corrected chi connectivity index (χ0v) is 15.6. The van der Waals surface area contributed by atoms with Crippen LogP contribution in [-0.4, -0.2) is 56.1 Å². The normalized spacial score (nSPS) is 15.7. The summed E-state index contributed by atoms with van der Waals surface area (Å²) < 4.78 is 10.5. The highest BCUT2D eigenvalue weighted by Crippen LogP contribution is 2.25. The number of hydrogen-bond donors (Lipinski definition) is 0. The Hall–Kier alpha value is -3.04. The molecule has 1 heterocycles. The van der Waals surface area contributed by atoms with E-state index in [4.69, 9.17) is 9.47 Å². The van der Waals surface area contributed by atoms with Crippen LogP contribution < -0.4 is 9.47 Å². The molecule has 140 valence electrons. The van der Waals surface area contributed by atoms with Crippen molar-refractivity contribution >= 4 is 5.91 Å². The average Bonchev–Trinajstić information content (AvgIpc) is 2.74. The minimum Gasteiger partial charge on any atom is -0.497 e. The molecule has 1 saturated heterocycles. The third-order valence-corrected chi connectivity index (χ3v) is 4.82. The molecule has 27 heavy (non-hydrogen) atoms. The zero-order chi connectivity index (χ0) is 19.2. The highest BCUT2D eigenvalue weighted by atomic mass is 16.5. The first-order valence-corrected chi connectivity index (χ1v) is 8.87. The van der Waals surface area contributed by atoms with Gasteiger partial charge in [0.1, 0.15) is 17.5 Å². The Kier molecular flexibility index (Phi) is 5.94. The molecule has 1 amide bonds. The SMILES string of the molecule is COc1cccc(C(=O)N2CCN(C(C#N)c3cccc(OC)c3)CC2)c1. The van der Waals surface area contributed by atoms with E-state index in [2.05, 4.69) is 11.0 Å². The number of nitriles is 1. The van der Waals surface area contributed by atoms with Gasteiger partial charge in [0.15, 0.2) is 0 Å². The van der Waals surface area contributed by atoms with Gasteiger partial charge in [-0.25, -0.2) is 0 Å². The lowest BCUT2D eigenvalue weighted by Gasteiger charge is -2.37. The third kappa shape index (κ3) is 4.21. The fourth-order valence-electron chi connectivity index (χ4n) is 3.30. The van der Waals surface area contributed by atoms with Gasteiger partial charge in [-0.05, 0) is 35.9 Å². The molecule has 0 spiro atoms. The smallest absolute Gasteiger partial charge is 0.254 e. The van der Waals surface area contributed by atoms with Crippen molar-refractivity contribution in [3.63, 3.8) is 0 Å². The molecule has 0 bridgehead atoms. The quantitative estimate of drug-likeness (QED) is 0.815. The number of carbonyl (C=O) groups excluding carboxylic acids is 1. The summed E-state index contributed by atoms with van der Waals surface area (Å²) in [5.41, 5.74) is 1.52. The second-order valence-corrected chi connectivity index (χ2v) is 6.37. The Morgan fingerprint density at radius 2 is 1.63 bits per heavy atom. The minimum absolute atomic E-state index is 0.0107. The van der Waals surface area contributed by atoms with Gasteiger partial charge in [-0.2, -0.15) is 5.26 Å². The molecule has 1 fully saturated rings. The molecule has 6 heteroatoms. The first kappa shape index (κ1) is 18.7. The van der Waals surface area contributed by atoms with Gasteiger partial charge in [-0.15, -0.1) is 0 Å². The molecule has 0 N–H and O–H groups in total. The van der Waals surface area contributed by atoms with E-state index in [1.165, 1.54) is 0 Å². The summed E-state index contributed by atoms with van der Waals surface area (Å²) in [6.07, 6.45) is 0. The van der Waals surface area contributed by atoms with Gasteiger partial charge in [0.25, 0.3) is 5.91 Å². The first-order chi connectivity index (χ1) is 13.2. The van der Waals surface area contributed by atoms with E-state index >= 15 is 0 Å². The van der Waals surface area contributed by atoms with Crippen LogP contribution in [0.15, 0.2) is 48.5 Å². The van der Waals surface area contributed by atoms with Crippen LogP contribution in [0.2, 0.25) is 0 Å². The highest BCUT2D eigenvalue weighted by Gasteiger charge is 2.27. The van der Waals surface area contributed by atoms with E-state index in [0.29, 0.717) is 37.5 Å². The predicted molar refractivity (Wildman–Crippen MR) is 102 cm³/mol. The summed E-state index contributed by atoms with van der Waals surface area (Å²) in [5, 5.41) is 9.68. The molecule has 0 radical (unpaired) electrons. The van der Waals surface area contributed by atoms with Crippen molar-refractivity contribution in [2.45, 2.75) is 6.04 Å². The molecule has 0 aromatic heterocycles. The summed E-state index contributed by atoms with van der Waals surface area (Å²) in [7, 11) is 3.20. The molecular weight excluding hydrogens is 342 g/mol. The maximum Gasteiger partial charge on any atom is 0.254 e. The predicted octanol–water partition coefficient (Wildman–Crippen LogP) is 2.73. The molecule has 1 unspecified atom stereocenters. The van der Waals surface area contributed by atoms with Gasteiger partial charge in [0.2, 0.25) is 0 Å². The molecular formula is C21H23N3O3. The Morgan fingerprint density at radius 3 is 2.26 bits per heavy atom. The summed E-state index contributed by atoms with van der Waals surface area (Å²) in [4.78, 5) is 16.7. The van der Waals surface area contributed by atoms with Crippen LogP contribution in [0.25, 0.3) is 0 Å². The minimum atomic E-state index is -0.353. The molecule has 3 rings (SSSR count). The Labute approximate surface area is 159 Å². The van der Waals surface area contributed by atoms with E-state index in [0.717, 1.165) is 11.3 Å². The van der Waals surface area contributed by atoms with Crippen LogP contribution in [0.4, 0.5) is 0 Å². The monoisotopic (exact) mass is 365 g/mol. The number of amides is 1. The second kappa shape index (κ2) is 8.56. The van der Waals surface area contributed by atoms with Crippen LogP contribution in [0, 0.1) is 11.3 Å². The second-order valence-electron chi connectivity index (χ2n) is 6.37. The number of hydrogen-bond acceptors (Lipinski definition) is 5. The van der Waals surface area contributed by atoms with E-state index in [-0.39, 0.29) is 11.9 Å². The molecule has 1 aliphatic heterocycles. The fourth-order valence-corrected chi connectivity index (χ4v) is 3.30. The lowest BCUT2D eigenvalue weighted by Crippen LogP contribution is -2.49. The van der Waals surface area contributed by atoms with Crippen molar-refractivity contribution in [1.29, 1.82) is 5.26 Å². The summed E-state index contributed by atoms with van der Waals surface area (Å²) in [6.45, 7) is 2.45. The van der Waals surface area contributed by atoms with Crippen molar-refractivity contribution in [2.75, 3.05) is 40.4 Å². The Bertz CT molecular complexity index is 839. The van der Waals surface area contributed by atoms with Crippen LogP contribution in [0.3, 0.4) is 0 Å². The first-order valence-electron chi connectivity index (χ1n) is 8.87. The van der Waals surface area contributed by atoms with Crippen molar-refractivity contribution < 1.29 is 14.3 Å². The van der Waals surface area contributed by atoms with Gasteiger partial charge in [0, 0.05) is 31.7 Å². The van der Waals surface area contributed by atoms with Crippen molar-refractivity contribution in [1.82, 2.24) is 9.80 Å². The Morgan fingerprint density at radius 1 is 1.00 bits per heavy atom. The lowest BCUT2D eigenvalue weighted by atomic mass is 10.0. The Balaban J connectivity index is 1.66. The number of ether oxygens (including phenoxy) is 2. The van der Waals surface area contributed by atoms with Crippen molar-refractivity contribution in [2.24, 2.45) is 0 Å². The third-order valence-electron chi connectivity index (χ3n) is 4.82. The van der Waals surface area contributed by atoms with Crippen LogP contribution in [0.1, 0.15) is 22.0 Å². The molecule has 0 aliphatic carbocycles. The van der Waals surface area contributed by atoms with Gasteiger partial charge < -0.3 is 14.4 Å². The molecule has 1 atom stereocenters. The van der Waals surface area contributed by atoms with Gasteiger partial charge in [-0.3, -0.25) is 9.69 Å². The summed E-state index contributed by atoms with van der Waals surface area (Å²) in [5.74, 6) is 1.39. The van der Waals surface area contributed by atoms with Crippen LogP contribution >= 0.6 is 0 Å². The van der Waals surface area contributed by atoms with Gasteiger partial charge >= 0.3 is 0 Å². The number of benzene rings is 2. The number of rotatable bonds is 5. The van der Waals surface area contributed by atoms with Crippen LogP contribution in [0.5, 0.6) is 11.5 Å². The number of piperazine rings is 1. The van der Waals surface area contributed by atoms with Crippen LogP contribution in [-0.2, 0) is 0 Å². The molecule has 2 aromatic carbocycles. The molecule has 6 nitrogen and oxygen atoms in total. The van der Waals surface area contributed by atoms with Gasteiger partial charge in [-0.1, -0.05) is 18.2 Å². The standard InChI is InChI=1S/C21H23N3O3/c1-26-18-7-3-5-16(13-18)20(15-22)23-9-11-24(12-10-23)21(25)17-6-4-8-19(14-17)27-2/h3-8,13-14,20H,9-12H2,1-2H3. The number of carbonyl (C=O) groups is 1. The van der Waals surface area contributed by atoms with Crippen molar-refractivity contribution in [3.05, 3.63) is 59.7 Å². The van der Waals surface area contributed by atoms with E-state index < -0.39 is 0 Å². The lowest BCUT2D eigenvalue weighted by molar-refractivity contribution is 0.0606. The maximum atomic E-state index is 12.7. The molecule has 1 aliphatic rings. The van der Waals surface area contributed by atoms with E-state index in [1.54, 1.807) is 26.4 Å². The van der Waals surface area contributed by atoms with Gasteiger partial charge in [0.05, 0.1) is 20.3 Å². The maximum absolute atomic E-state index is 12.7. The topological polar surface area (TPSA) is 65.8 Å².